The number of carbonyl (C=O) groups is 3. The van der Waals surface area contributed by atoms with Crippen molar-refractivity contribution in [3.05, 3.63) is 35.4 Å². The van der Waals surface area contributed by atoms with E-state index in [1.807, 2.05) is 0 Å². The summed E-state index contributed by atoms with van der Waals surface area (Å²) in [6.45, 7) is 3.93. The first-order chi connectivity index (χ1) is 13.3. The summed E-state index contributed by atoms with van der Waals surface area (Å²) in [7, 11) is 0. The van der Waals surface area contributed by atoms with Crippen molar-refractivity contribution < 1.29 is 33.3 Å². The van der Waals surface area contributed by atoms with Gasteiger partial charge in [-0.05, 0) is 25.0 Å². The number of cyclic esters (lactones) is 2. The highest BCUT2D eigenvalue weighted by molar-refractivity contribution is 6.19. The summed E-state index contributed by atoms with van der Waals surface area (Å²) in [4.78, 5) is 36.2. The number of para-hydroxylation sites is 1. The number of rotatable bonds is 6. The molecule has 28 heavy (non-hydrogen) atoms. The van der Waals surface area contributed by atoms with Gasteiger partial charge in [-0.2, -0.15) is 0 Å². The number of esters is 2. The molecule has 0 saturated carbocycles. The van der Waals surface area contributed by atoms with E-state index in [9.17, 15) is 14.4 Å². The number of benzene rings is 1. The Balaban J connectivity index is 1.63. The number of nitrogens with one attached hydrogen (secondary N) is 1. The first-order valence-corrected chi connectivity index (χ1v) is 9.12. The summed E-state index contributed by atoms with van der Waals surface area (Å²) < 4.78 is 21.2. The summed E-state index contributed by atoms with van der Waals surface area (Å²) in [5.74, 6) is -2.78. The van der Waals surface area contributed by atoms with Gasteiger partial charge in [-0.3, -0.25) is 4.79 Å². The van der Waals surface area contributed by atoms with Crippen LogP contribution in [0.1, 0.15) is 32.3 Å². The first kappa shape index (κ1) is 19.9. The van der Waals surface area contributed by atoms with E-state index >= 15 is 0 Å². The minimum absolute atomic E-state index is 0.0496. The van der Waals surface area contributed by atoms with E-state index in [4.69, 9.17) is 18.9 Å². The molecule has 2 aliphatic heterocycles. The van der Waals surface area contributed by atoms with Crippen LogP contribution in [-0.4, -0.2) is 49.5 Å². The van der Waals surface area contributed by atoms with E-state index < -0.39 is 17.7 Å². The van der Waals surface area contributed by atoms with E-state index in [1.165, 1.54) is 19.9 Å². The van der Waals surface area contributed by atoms with Gasteiger partial charge in [0.05, 0.1) is 6.10 Å². The van der Waals surface area contributed by atoms with Gasteiger partial charge in [-0.1, -0.05) is 18.2 Å². The number of ether oxygens (including phenoxy) is 4. The predicted molar refractivity (Wildman–Crippen MR) is 98.2 cm³/mol. The summed E-state index contributed by atoms with van der Waals surface area (Å²) in [6.07, 6.45) is 3.31. The maximum atomic E-state index is 12.1. The molecule has 1 N–H and O–H groups in total. The number of hydrogen-bond acceptors (Lipinski definition) is 7. The zero-order valence-corrected chi connectivity index (χ0v) is 15.9. The lowest BCUT2D eigenvalue weighted by Crippen LogP contribution is -2.41. The van der Waals surface area contributed by atoms with Crippen LogP contribution in [0.15, 0.2) is 29.8 Å². The molecule has 8 nitrogen and oxygen atoms in total. The number of amides is 1. The van der Waals surface area contributed by atoms with Gasteiger partial charge in [-0.15, -0.1) is 0 Å². The number of carbonyl (C=O) groups excluding carboxylic acids is 3. The first-order valence-electron chi connectivity index (χ1n) is 9.12. The highest BCUT2D eigenvalue weighted by Gasteiger charge is 2.39. The Bertz CT molecular complexity index is 771. The van der Waals surface area contributed by atoms with Gasteiger partial charge in [-0.25, -0.2) is 9.59 Å². The third kappa shape index (κ3) is 5.10. The molecule has 0 aliphatic carbocycles. The molecule has 1 aromatic rings. The van der Waals surface area contributed by atoms with E-state index in [0.29, 0.717) is 17.9 Å². The van der Waals surface area contributed by atoms with Crippen molar-refractivity contribution in [3.8, 4) is 5.75 Å². The summed E-state index contributed by atoms with van der Waals surface area (Å²) in [5, 5.41) is 2.77. The van der Waals surface area contributed by atoms with Crippen LogP contribution in [0.2, 0.25) is 0 Å². The molecule has 0 bridgehead atoms. The van der Waals surface area contributed by atoms with E-state index in [0.717, 1.165) is 19.4 Å². The van der Waals surface area contributed by atoms with Crippen LogP contribution >= 0.6 is 0 Å². The quantitative estimate of drug-likeness (QED) is 0.448. The SMILES string of the molecule is CC1(C)OC(=O)C(=Cc2ccccc2OCC(=O)NCC2CCCO2)C(=O)O1. The van der Waals surface area contributed by atoms with E-state index in [2.05, 4.69) is 5.32 Å². The van der Waals surface area contributed by atoms with Crippen molar-refractivity contribution in [3.63, 3.8) is 0 Å². The van der Waals surface area contributed by atoms with Crippen LogP contribution in [0.3, 0.4) is 0 Å². The van der Waals surface area contributed by atoms with Gasteiger partial charge < -0.3 is 24.3 Å². The third-order valence-electron chi connectivity index (χ3n) is 4.25. The zero-order valence-electron chi connectivity index (χ0n) is 15.9. The Morgan fingerprint density at radius 3 is 2.64 bits per heavy atom. The summed E-state index contributed by atoms with van der Waals surface area (Å²) >= 11 is 0. The normalized spacial score (nSPS) is 20.9. The summed E-state index contributed by atoms with van der Waals surface area (Å²) in [6, 6.07) is 6.75. The van der Waals surface area contributed by atoms with Gasteiger partial charge in [0.25, 0.3) is 11.7 Å². The van der Waals surface area contributed by atoms with Gasteiger partial charge in [0, 0.05) is 32.6 Å². The molecule has 2 saturated heterocycles. The lowest BCUT2D eigenvalue weighted by atomic mass is 10.1. The average molecular weight is 389 g/mol. The van der Waals surface area contributed by atoms with Gasteiger partial charge in [0.2, 0.25) is 0 Å². The molecule has 1 aromatic carbocycles. The Labute approximate surface area is 162 Å². The second-order valence-electron chi connectivity index (χ2n) is 7.00. The lowest BCUT2D eigenvalue weighted by molar-refractivity contribution is -0.222. The molecule has 2 heterocycles. The smallest absolute Gasteiger partial charge is 0.348 e. The van der Waals surface area contributed by atoms with Crippen LogP contribution in [-0.2, 0) is 28.6 Å². The van der Waals surface area contributed by atoms with Crippen LogP contribution in [0.25, 0.3) is 6.08 Å². The Morgan fingerprint density at radius 2 is 1.96 bits per heavy atom. The fourth-order valence-electron chi connectivity index (χ4n) is 2.89. The third-order valence-corrected chi connectivity index (χ3v) is 4.25. The molecule has 0 radical (unpaired) electrons. The van der Waals surface area contributed by atoms with E-state index in [-0.39, 0.29) is 24.2 Å². The maximum Gasteiger partial charge on any atom is 0.348 e. The molecule has 3 rings (SSSR count). The van der Waals surface area contributed by atoms with Crippen molar-refractivity contribution in [2.45, 2.75) is 38.6 Å². The van der Waals surface area contributed by atoms with Crippen molar-refractivity contribution >= 4 is 23.9 Å². The van der Waals surface area contributed by atoms with Gasteiger partial charge >= 0.3 is 11.9 Å². The fraction of sp³-hybridized carbons (Fsp3) is 0.450. The molecule has 8 heteroatoms. The molecular weight excluding hydrogens is 366 g/mol. The molecule has 1 amide bonds. The molecule has 1 atom stereocenters. The Kier molecular flexibility index (Phi) is 5.99. The monoisotopic (exact) mass is 389 g/mol. The second kappa shape index (κ2) is 8.43. The van der Waals surface area contributed by atoms with Gasteiger partial charge in [0.15, 0.2) is 6.61 Å². The van der Waals surface area contributed by atoms with Crippen molar-refractivity contribution in [2.24, 2.45) is 0 Å². The van der Waals surface area contributed by atoms with Crippen molar-refractivity contribution in [1.82, 2.24) is 5.32 Å². The Hall–Kier alpha value is -2.87. The fourth-order valence-corrected chi connectivity index (χ4v) is 2.89. The largest absolute Gasteiger partial charge is 0.483 e. The molecule has 0 aromatic heterocycles. The van der Waals surface area contributed by atoms with E-state index in [1.54, 1.807) is 24.3 Å². The van der Waals surface area contributed by atoms with Crippen LogP contribution in [0.5, 0.6) is 5.75 Å². The molecule has 2 aliphatic rings. The minimum atomic E-state index is -1.30. The highest BCUT2D eigenvalue weighted by Crippen LogP contribution is 2.27. The predicted octanol–water partition coefficient (Wildman–Crippen LogP) is 1.58. The van der Waals surface area contributed by atoms with Crippen molar-refractivity contribution in [2.75, 3.05) is 19.8 Å². The number of hydrogen-bond donors (Lipinski definition) is 1. The molecule has 150 valence electrons. The van der Waals surface area contributed by atoms with Crippen LogP contribution in [0, 0.1) is 0 Å². The van der Waals surface area contributed by atoms with Crippen LogP contribution < -0.4 is 10.1 Å². The lowest BCUT2D eigenvalue weighted by Gasteiger charge is -2.29. The molecular formula is C20H23NO7. The molecule has 2 fully saturated rings. The van der Waals surface area contributed by atoms with Crippen molar-refractivity contribution in [1.29, 1.82) is 0 Å². The Morgan fingerprint density at radius 1 is 1.25 bits per heavy atom. The average Bonchev–Trinajstić information content (AvgIpc) is 3.15. The summed E-state index contributed by atoms with van der Waals surface area (Å²) in [5.41, 5.74) is 0.219. The maximum absolute atomic E-state index is 12.1. The second-order valence-corrected chi connectivity index (χ2v) is 7.00. The van der Waals surface area contributed by atoms with Crippen LogP contribution in [0.4, 0.5) is 0 Å². The highest BCUT2D eigenvalue weighted by atomic mass is 16.7. The topological polar surface area (TPSA) is 100 Å². The molecule has 1 unspecified atom stereocenters. The minimum Gasteiger partial charge on any atom is -0.483 e. The van der Waals surface area contributed by atoms with Gasteiger partial charge in [0.1, 0.15) is 11.3 Å². The zero-order chi connectivity index (χ0) is 20.1. The standard InChI is InChI=1S/C20H23NO7/c1-20(2)27-18(23)15(19(24)28-20)10-13-6-3-4-8-16(13)26-12-17(22)21-11-14-7-5-9-25-14/h3-4,6,8,10,14H,5,7,9,11-12H2,1-2H3,(H,21,22). The molecule has 0 spiro atoms.